The molecular weight excluding hydrogens is 318 g/mol. The lowest BCUT2D eigenvalue weighted by molar-refractivity contribution is -0.114. The van der Waals surface area contributed by atoms with E-state index in [1.54, 1.807) is 16.4 Å². The maximum absolute atomic E-state index is 12.9. The molecule has 2 atom stereocenters. The van der Waals surface area contributed by atoms with Crippen LogP contribution in [-0.2, 0) is 14.8 Å². The highest BCUT2D eigenvalue weighted by atomic mass is 32.2. The van der Waals surface area contributed by atoms with Crippen LogP contribution in [0.15, 0.2) is 39.6 Å². The van der Waals surface area contributed by atoms with Crippen LogP contribution in [0.4, 0.5) is 0 Å². The number of ketones is 1. The largest absolute Gasteiger partial charge is 0.294 e. The van der Waals surface area contributed by atoms with Crippen molar-refractivity contribution in [3.05, 3.63) is 40.3 Å². The molecule has 3 rings (SSSR count). The molecule has 2 aliphatic rings. The van der Waals surface area contributed by atoms with E-state index in [2.05, 4.69) is 0 Å². The Balaban J connectivity index is 1.99. The van der Waals surface area contributed by atoms with Gasteiger partial charge in [-0.2, -0.15) is 4.31 Å². The van der Waals surface area contributed by atoms with Crippen molar-refractivity contribution < 1.29 is 13.2 Å². The summed E-state index contributed by atoms with van der Waals surface area (Å²) >= 11 is 1.44. The molecule has 1 saturated heterocycles. The molecule has 0 bridgehead atoms. The maximum atomic E-state index is 12.9. The predicted octanol–water partition coefficient (Wildman–Crippen LogP) is 2.59. The fraction of sp³-hybridized carbons (Fsp3) is 0.438. The molecule has 22 heavy (non-hydrogen) atoms. The van der Waals surface area contributed by atoms with Gasteiger partial charge in [-0.05, 0) is 37.8 Å². The van der Waals surface area contributed by atoms with E-state index in [1.165, 1.54) is 11.8 Å². The highest BCUT2D eigenvalue weighted by Crippen LogP contribution is 2.44. The number of hydrogen-bond donors (Lipinski definition) is 0. The third-order valence-corrected chi connectivity index (χ3v) is 7.32. The number of carbonyl (C=O) groups excluding carboxylic acids is 1. The van der Waals surface area contributed by atoms with Crippen molar-refractivity contribution in [3.63, 3.8) is 0 Å². The molecule has 1 fully saturated rings. The summed E-state index contributed by atoms with van der Waals surface area (Å²) in [6.45, 7) is 4.22. The summed E-state index contributed by atoms with van der Waals surface area (Å²) in [5.74, 6) is 0.205. The minimum absolute atomic E-state index is 0.0465. The summed E-state index contributed by atoms with van der Waals surface area (Å²) in [4.78, 5) is 13.1. The minimum Gasteiger partial charge on any atom is -0.294 e. The Morgan fingerprint density at radius 1 is 1.23 bits per heavy atom. The van der Waals surface area contributed by atoms with Crippen LogP contribution < -0.4 is 0 Å². The van der Waals surface area contributed by atoms with Gasteiger partial charge in [0, 0.05) is 24.9 Å². The topological polar surface area (TPSA) is 54.5 Å². The number of carbonyl (C=O) groups is 1. The second kappa shape index (κ2) is 5.51. The molecule has 4 nitrogen and oxygen atoms in total. The normalized spacial score (nSPS) is 25.9. The van der Waals surface area contributed by atoms with Crippen molar-refractivity contribution in [2.75, 3.05) is 12.8 Å². The molecule has 1 aromatic rings. The van der Waals surface area contributed by atoms with Crippen molar-refractivity contribution in [1.82, 2.24) is 4.31 Å². The van der Waals surface area contributed by atoms with E-state index in [-0.39, 0.29) is 17.7 Å². The number of sulfonamides is 1. The monoisotopic (exact) mass is 337 g/mol. The molecule has 0 aromatic heterocycles. The lowest BCUT2D eigenvalue weighted by atomic mass is 10.0. The van der Waals surface area contributed by atoms with Gasteiger partial charge in [0.05, 0.1) is 9.80 Å². The zero-order chi connectivity index (χ0) is 16.1. The standard InChI is InChI=1S/C16H19NO3S2/c1-10-4-6-13(7-5-10)22(19,20)17-9-12-8-14(18)16(21-3)15(12)11(17)2/h4-7,11-12H,8-9H2,1-3H3/t11-,12-/m0/s1. The highest BCUT2D eigenvalue weighted by Gasteiger charge is 2.47. The summed E-state index contributed by atoms with van der Waals surface area (Å²) in [5.41, 5.74) is 2.04. The zero-order valence-electron chi connectivity index (χ0n) is 12.9. The van der Waals surface area contributed by atoms with Gasteiger partial charge < -0.3 is 0 Å². The van der Waals surface area contributed by atoms with Crippen LogP contribution in [0.2, 0.25) is 0 Å². The van der Waals surface area contributed by atoms with Gasteiger partial charge in [-0.15, -0.1) is 11.8 Å². The fourth-order valence-electron chi connectivity index (χ4n) is 3.38. The number of benzene rings is 1. The van der Waals surface area contributed by atoms with Gasteiger partial charge in [0.15, 0.2) is 5.78 Å². The molecule has 6 heteroatoms. The highest BCUT2D eigenvalue weighted by molar-refractivity contribution is 8.03. The molecule has 1 aliphatic heterocycles. The summed E-state index contributed by atoms with van der Waals surface area (Å²) in [6.07, 6.45) is 2.32. The summed E-state index contributed by atoms with van der Waals surface area (Å²) in [6, 6.07) is 6.68. The summed E-state index contributed by atoms with van der Waals surface area (Å²) in [7, 11) is -3.52. The molecule has 1 aliphatic carbocycles. The molecule has 0 N–H and O–H groups in total. The Kier molecular flexibility index (Phi) is 3.95. The van der Waals surface area contributed by atoms with Crippen LogP contribution in [0.3, 0.4) is 0 Å². The smallest absolute Gasteiger partial charge is 0.243 e. The van der Waals surface area contributed by atoms with Crippen molar-refractivity contribution in [2.45, 2.75) is 31.2 Å². The number of fused-ring (bicyclic) bond motifs is 1. The number of Topliss-reactive ketones (excluding diaryl/α,β-unsaturated/α-hetero) is 1. The van der Waals surface area contributed by atoms with Crippen molar-refractivity contribution in [2.24, 2.45) is 5.92 Å². The first-order valence-corrected chi connectivity index (χ1v) is 9.92. The lowest BCUT2D eigenvalue weighted by Gasteiger charge is -2.22. The molecule has 1 aromatic carbocycles. The van der Waals surface area contributed by atoms with Crippen LogP contribution in [-0.4, -0.2) is 37.3 Å². The number of aryl methyl sites for hydroxylation is 1. The van der Waals surface area contributed by atoms with E-state index in [1.807, 2.05) is 32.2 Å². The van der Waals surface area contributed by atoms with Gasteiger partial charge in [0.2, 0.25) is 10.0 Å². The minimum atomic E-state index is -3.52. The first kappa shape index (κ1) is 15.8. The quantitative estimate of drug-likeness (QED) is 0.851. The van der Waals surface area contributed by atoms with Gasteiger partial charge in [0.25, 0.3) is 0 Å². The summed E-state index contributed by atoms with van der Waals surface area (Å²) in [5, 5.41) is 0. The van der Waals surface area contributed by atoms with Crippen LogP contribution in [0.5, 0.6) is 0 Å². The lowest BCUT2D eigenvalue weighted by Crippen LogP contribution is -2.35. The Hall–Kier alpha value is -1.11. The maximum Gasteiger partial charge on any atom is 0.243 e. The van der Waals surface area contributed by atoms with Crippen LogP contribution in [0.25, 0.3) is 0 Å². The van der Waals surface area contributed by atoms with E-state index >= 15 is 0 Å². The number of nitrogens with zero attached hydrogens (tertiary/aromatic N) is 1. The van der Waals surface area contributed by atoms with Gasteiger partial charge >= 0.3 is 0 Å². The summed E-state index contributed by atoms with van der Waals surface area (Å²) < 4.78 is 27.3. The number of rotatable bonds is 3. The van der Waals surface area contributed by atoms with E-state index in [9.17, 15) is 13.2 Å². The average Bonchev–Trinajstić information content (AvgIpc) is 2.95. The Morgan fingerprint density at radius 3 is 2.45 bits per heavy atom. The Labute approximate surface area is 135 Å². The first-order chi connectivity index (χ1) is 10.4. The average molecular weight is 337 g/mol. The molecule has 0 amide bonds. The van der Waals surface area contributed by atoms with E-state index in [4.69, 9.17) is 0 Å². The van der Waals surface area contributed by atoms with Crippen LogP contribution >= 0.6 is 11.8 Å². The third kappa shape index (κ3) is 2.33. The number of allylic oxidation sites excluding steroid dienone is 1. The molecular formula is C16H19NO3S2. The molecule has 1 heterocycles. The van der Waals surface area contributed by atoms with Crippen molar-refractivity contribution in [3.8, 4) is 0 Å². The van der Waals surface area contributed by atoms with E-state index in [0.717, 1.165) is 16.0 Å². The predicted molar refractivity (Wildman–Crippen MR) is 88.2 cm³/mol. The first-order valence-electron chi connectivity index (χ1n) is 7.26. The van der Waals surface area contributed by atoms with Crippen LogP contribution in [0.1, 0.15) is 18.9 Å². The molecule has 0 spiro atoms. The fourth-order valence-corrected chi connectivity index (χ4v) is 5.92. The van der Waals surface area contributed by atoms with Gasteiger partial charge in [-0.25, -0.2) is 8.42 Å². The SMILES string of the molecule is CSC1=C2[C@@H](CC1=O)CN(S(=O)(=O)c1ccc(C)cc1)[C@H]2C. The molecule has 0 unspecified atom stereocenters. The second-order valence-electron chi connectivity index (χ2n) is 5.88. The Bertz CT molecular complexity index is 750. The van der Waals surface area contributed by atoms with Crippen molar-refractivity contribution in [1.29, 1.82) is 0 Å². The number of thioether (sulfide) groups is 1. The van der Waals surface area contributed by atoms with E-state index < -0.39 is 10.0 Å². The van der Waals surface area contributed by atoms with Gasteiger partial charge in [-0.1, -0.05) is 17.7 Å². The zero-order valence-corrected chi connectivity index (χ0v) is 14.5. The second-order valence-corrected chi connectivity index (χ2v) is 8.58. The molecule has 0 saturated carbocycles. The van der Waals surface area contributed by atoms with Gasteiger partial charge in [-0.3, -0.25) is 4.79 Å². The van der Waals surface area contributed by atoms with Gasteiger partial charge in [0.1, 0.15) is 0 Å². The molecule has 0 radical (unpaired) electrons. The Morgan fingerprint density at radius 2 is 1.86 bits per heavy atom. The van der Waals surface area contributed by atoms with Crippen LogP contribution in [0, 0.1) is 12.8 Å². The van der Waals surface area contributed by atoms with Crippen molar-refractivity contribution >= 4 is 27.6 Å². The van der Waals surface area contributed by atoms with E-state index in [0.29, 0.717) is 17.9 Å². The third-order valence-electron chi connectivity index (χ3n) is 4.50. The molecule has 118 valence electrons. The number of hydrogen-bond acceptors (Lipinski definition) is 4.